The fourth-order valence-electron chi connectivity index (χ4n) is 2.23. The van der Waals surface area contributed by atoms with Crippen molar-refractivity contribution in [1.29, 1.82) is 0 Å². The fourth-order valence-corrected chi connectivity index (χ4v) is 2.96. The predicted molar refractivity (Wildman–Crippen MR) is 73.6 cm³/mol. The second-order valence-electron chi connectivity index (χ2n) is 5.28. The average Bonchev–Trinajstić information content (AvgIpc) is 2.38. The number of carboxylic acid groups (broad SMARTS) is 1. The van der Waals surface area contributed by atoms with Crippen molar-refractivity contribution < 1.29 is 23.1 Å². The summed E-state index contributed by atoms with van der Waals surface area (Å²) in [6.07, 6.45) is 2.10. The van der Waals surface area contributed by atoms with Crippen molar-refractivity contribution in [2.45, 2.75) is 25.7 Å². The molecule has 0 aromatic heterocycles. The standard InChI is InChI=1S/C12H22N2O5S/c1-14(2)20(18,19)8-7-13-11(15)9-3-5-10(6-4-9)12(16)17/h9-10H,3-8H2,1-2H3,(H,13,15)(H,16,17). The van der Waals surface area contributed by atoms with E-state index in [2.05, 4.69) is 5.32 Å². The van der Waals surface area contributed by atoms with Crippen LogP contribution < -0.4 is 5.32 Å². The number of hydrogen-bond acceptors (Lipinski definition) is 4. The van der Waals surface area contributed by atoms with E-state index in [4.69, 9.17) is 5.11 Å². The SMILES string of the molecule is CN(C)S(=O)(=O)CCNC(=O)C1CCC(C(=O)O)CC1. The van der Waals surface area contributed by atoms with Crippen molar-refractivity contribution in [2.75, 3.05) is 26.4 Å². The molecule has 7 nitrogen and oxygen atoms in total. The van der Waals surface area contributed by atoms with Crippen LogP contribution in [0.1, 0.15) is 25.7 Å². The quantitative estimate of drug-likeness (QED) is 0.712. The predicted octanol–water partition coefficient (Wildman–Crippen LogP) is -0.115. The number of nitrogens with one attached hydrogen (secondary N) is 1. The first-order chi connectivity index (χ1) is 9.24. The average molecular weight is 306 g/mol. The Labute approximate surface area is 119 Å². The maximum Gasteiger partial charge on any atom is 0.306 e. The smallest absolute Gasteiger partial charge is 0.306 e. The molecule has 0 heterocycles. The monoisotopic (exact) mass is 306 g/mol. The van der Waals surface area contributed by atoms with Gasteiger partial charge >= 0.3 is 5.97 Å². The molecular weight excluding hydrogens is 284 g/mol. The molecule has 0 radical (unpaired) electrons. The van der Waals surface area contributed by atoms with Crippen LogP contribution in [0.25, 0.3) is 0 Å². The number of sulfonamides is 1. The van der Waals surface area contributed by atoms with E-state index in [9.17, 15) is 18.0 Å². The van der Waals surface area contributed by atoms with Crippen LogP contribution in [0.4, 0.5) is 0 Å². The maximum absolute atomic E-state index is 11.9. The number of aliphatic carboxylic acids is 1. The Bertz CT molecular complexity index is 452. The number of hydrogen-bond donors (Lipinski definition) is 2. The number of nitrogens with zero attached hydrogens (tertiary/aromatic N) is 1. The summed E-state index contributed by atoms with van der Waals surface area (Å²) in [5.74, 6) is -1.67. The van der Waals surface area contributed by atoms with Gasteiger partial charge in [0.05, 0.1) is 11.7 Å². The molecule has 1 rings (SSSR count). The van der Waals surface area contributed by atoms with Crippen LogP contribution in [-0.2, 0) is 19.6 Å². The highest BCUT2D eigenvalue weighted by molar-refractivity contribution is 7.89. The zero-order valence-electron chi connectivity index (χ0n) is 11.8. The van der Waals surface area contributed by atoms with Crippen LogP contribution in [0.2, 0.25) is 0 Å². The summed E-state index contributed by atoms with van der Waals surface area (Å²) in [5.41, 5.74) is 0. The molecule has 1 aliphatic rings. The third-order valence-electron chi connectivity index (χ3n) is 3.66. The summed E-state index contributed by atoms with van der Waals surface area (Å²) < 4.78 is 24.2. The molecule has 0 aliphatic heterocycles. The molecule has 1 amide bonds. The molecule has 1 fully saturated rings. The molecule has 0 aromatic rings. The first kappa shape index (κ1) is 16.9. The van der Waals surface area contributed by atoms with E-state index >= 15 is 0 Å². The van der Waals surface area contributed by atoms with Gasteiger partial charge < -0.3 is 10.4 Å². The van der Waals surface area contributed by atoms with Crippen LogP contribution in [-0.4, -0.2) is 56.1 Å². The van der Waals surface area contributed by atoms with E-state index in [1.54, 1.807) is 0 Å². The maximum atomic E-state index is 11.9. The van der Waals surface area contributed by atoms with Gasteiger partial charge in [0.1, 0.15) is 0 Å². The zero-order chi connectivity index (χ0) is 15.3. The van der Waals surface area contributed by atoms with Gasteiger partial charge in [0.25, 0.3) is 0 Å². The van der Waals surface area contributed by atoms with E-state index in [1.165, 1.54) is 14.1 Å². The molecule has 2 N–H and O–H groups in total. The van der Waals surface area contributed by atoms with Gasteiger partial charge in [0, 0.05) is 26.6 Å². The number of rotatable bonds is 6. The molecule has 0 atom stereocenters. The highest BCUT2D eigenvalue weighted by Gasteiger charge is 2.29. The van der Waals surface area contributed by atoms with E-state index in [0.717, 1.165) is 4.31 Å². The Kier molecular flexibility index (Phi) is 5.94. The van der Waals surface area contributed by atoms with Crippen LogP contribution in [0, 0.1) is 11.8 Å². The van der Waals surface area contributed by atoms with Crippen molar-refractivity contribution in [1.82, 2.24) is 9.62 Å². The zero-order valence-corrected chi connectivity index (χ0v) is 12.6. The lowest BCUT2D eigenvalue weighted by Crippen LogP contribution is -2.38. The van der Waals surface area contributed by atoms with Crippen molar-refractivity contribution >= 4 is 21.9 Å². The molecule has 20 heavy (non-hydrogen) atoms. The van der Waals surface area contributed by atoms with Gasteiger partial charge in [-0.3, -0.25) is 9.59 Å². The van der Waals surface area contributed by atoms with E-state index in [1.807, 2.05) is 0 Å². The summed E-state index contributed by atoms with van der Waals surface area (Å²) in [6.45, 7) is 0.0816. The molecule has 0 saturated heterocycles. The van der Waals surface area contributed by atoms with E-state index < -0.39 is 16.0 Å². The lowest BCUT2D eigenvalue weighted by molar-refractivity contribution is -0.144. The highest BCUT2D eigenvalue weighted by atomic mass is 32.2. The Morgan fingerprint density at radius 3 is 2.10 bits per heavy atom. The van der Waals surface area contributed by atoms with Gasteiger partial charge in [0.2, 0.25) is 15.9 Å². The Morgan fingerprint density at radius 1 is 1.15 bits per heavy atom. The van der Waals surface area contributed by atoms with Crippen molar-refractivity contribution in [2.24, 2.45) is 11.8 Å². The van der Waals surface area contributed by atoms with Crippen LogP contribution in [0.5, 0.6) is 0 Å². The second-order valence-corrected chi connectivity index (χ2v) is 7.58. The largest absolute Gasteiger partial charge is 0.481 e. The van der Waals surface area contributed by atoms with E-state index in [-0.39, 0.29) is 30.0 Å². The first-order valence-corrected chi connectivity index (χ1v) is 8.25. The molecule has 1 aliphatic carbocycles. The minimum atomic E-state index is -3.30. The number of carbonyl (C=O) groups excluding carboxylic acids is 1. The fraction of sp³-hybridized carbons (Fsp3) is 0.833. The van der Waals surface area contributed by atoms with Crippen LogP contribution in [0.3, 0.4) is 0 Å². The van der Waals surface area contributed by atoms with Gasteiger partial charge in [-0.1, -0.05) is 0 Å². The van der Waals surface area contributed by atoms with Gasteiger partial charge in [-0.05, 0) is 25.7 Å². The molecular formula is C12H22N2O5S. The molecule has 1 saturated carbocycles. The van der Waals surface area contributed by atoms with Gasteiger partial charge in [-0.2, -0.15) is 0 Å². The van der Waals surface area contributed by atoms with Crippen molar-refractivity contribution in [3.63, 3.8) is 0 Å². The van der Waals surface area contributed by atoms with E-state index in [0.29, 0.717) is 25.7 Å². The van der Waals surface area contributed by atoms with Gasteiger partial charge in [-0.25, -0.2) is 12.7 Å². The van der Waals surface area contributed by atoms with Crippen LogP contribution >= 0.6 is 0 Å². The van der Waals surface area contributed by atoms with Gasteiger partial charge in [0.15, 0.2) is 0 Å². The molecule has 0 spiro atoms. The Morgan fingerprint density at radius 2 is 1.65 bits per heavy atom. The number of carboxylic acids is 1. The summed E-state index contributed by atoms with van der Waals surface area (Å²) in [5, 5.41) is 11.5. The second kappa shape index (κ2) is 7.03. The molecule has 0 unspecified atom stereocenters. The third kappa shape index (κ3) is 4.75. The van der Waals surface area contributed by atoms with Crippen molar-refractivity contribution in [3.05, 3.63) is 0 Å². The highest BCUT2D eigenvalue weighted by Crippen LogP contribution is 2.28. The minimum absolute atomic E-state index is 0.0816. The molecule has 8 heteroatoms. The number of carbonyl (C=O) groups is 2. The Hall–Kier alpha value is -1.15. The van der Waals surface area contributed by atoms with Crippen LogP contribution in [0.15, 0.2) is 0 Å². The lowest BCUT2D eigenvalue weighted by Gasteiger charge is -2.25. The summed E-state index contributed by atoms with van der Waals surface area (Å²) in [4.78, 5) is 22.7. The normalized spacial score (nSPS) is 23.6. The molecule has 0 aromatic carbocycles. The molecule has 0 bridgehead atoms. The van der Waals surface area contributed by atoms with Gasteiger partial charge in [-0.15, -0.1) is 0 Å². The minimum Gasteiger partial charge on any atom is -0.481 e. The third-order valence-corrected chi connectivity index (χ3v) is 5.50. The number of amides is 1. The topological polar surface area (TPSA) is 104 Å². The lowest BCUT2D eigenvalue weighted by atomic mass is 9.81. The Balaban J connectivity index is 2.33. The van der Waals surface area contributed by atoms with Crippen molar-refractivity contribution in [3.8, 4) is 0 Å². The molecule has 116 valence electrons. The first-order valence-electron chi connectivity index (χ1n) is 6.64. The summed E-state index contributed by atoms with van der Waals surface area (Å²) >= 11 is 0. The summed E-state index contributed by atoms with van der Waals surface area (Å²) in [7, 11) is -0.406. The summed E-state index contributed by atoms with van der Waals surface area (Å²) in [6, 6.07) is 0.